The number of nitrogens with zero attached hydrogens (tertiary/aromatic N) is 2. The largest absolute Gasteiger partial charge is 0.487 e. The van der Waals surface area contributed by atoms with Crippen molar-refractivity contribution in [2.75, 3.05) is 18.0 Å². The molecule has 3 aromatic carbocycles. The van der Waals surface area contributed by atoms with Crippen LogP contribution in [0.5, 0.6) is 5.75 Å². The normalized spacial score (nSPS) is 13.5. The summed E-state index contributed by atoms with van der Waals surface area (Å²) in [6.45, 7) is 2.63. The van der Waals surface area contributed by atoms with Crippen LogP contribution in [0.15, 0.2) is 80.8 Å². The van der Waals surface area contributed by atoms with Gasteiger partial charge in [0.1, 0.15) is 12.4 Å². The SMILES string of the molecule is O=C(N/N=C\c1cc(Br)c(OCc2ccccc2)c(Br)c1)c1ccc(N2CCCC2)cc1. The number of rotatable bonds is 7. The Labute approximate surface area is 204 Å². The fourth-order valence-electron chi connectivity index (χ4n) is 3.55. The van der Waals surface area contributed by atoms with E-state index in [-0.39, 0.29) is 5.91 Å². The van der Waals surface area contributed by atoms with Crippen LogP contribution in [-0.2, 0) is 6.61 Å². The van der Waals surface area contributed by atoms with Gasteiger partial charge in [-0.15, -0.1) is 0 Å². The van der Waals surface area contributed by atoms with Crippen LogP contribution < -0.4 is 15.1 Å². The molecule has 0 unspecified atom stereocenters. The molecule has 1 saturated heterocycles. The molecule has 7 heteroatoms. The molecule has 0 bridgehead atoms. The Morgan fingerprint density at radius 3 is 2.31 bits per heavy atom. The van der Waals surface area contributed by atoms with Crippen molar-refractivity contribution in [2.24, 2.45) is 5.10 Å². The Balaban J connectivity index is 1.35. The molecule has 4 rings (SSSR count). The third-order valence-electron chi connectivity index (χ3n) is 5.23. The lowest BCUT2D eigenvalue weighted by Gasteiger charge is -2.17. The van der Waals surface area contributed by atoms with Crippen LogP contribution in [-0.4, -0.2) is 25.2 Å². The summed E-state index contributed by atoms with van der Waals surface area (Å²) in [5.41, 5.74) is 6.24. The molecule has 5 nitrogen and oxygen atoms in total. The number of halogens is 2. The second-order valence-corrected chi connectivity index (χ2v) is 9.24. The van der Waals surface area contributed by atoms with Crippen LogP contribution in [0.1, 0.15) is 34.3 Å². The molecular weight excluding hydrogens is 534 g/mol. The Morgan fingerprint density at radius 1 is 1.00 bits per heavy atom. The number of ether oxygens (including phenoxy) is 1. The summed E-state index contributed by atoms with van der Waals surface area (Å²) >= 11 is 7.11. The monoisotopic (exact) mass is 555 g/mol. The first kappa shape index (κ1) is 22.6. The van der Waals surface area contributed by atoms with Gasteiger partial charge in [0.15, 0.2) is 0 Å². The molecule has 0 atom stereocenters. The molecule has 164 valence electrons. The van der Waals surface area contributed by atoms with E-state index in [9.17, 15) is 4.79 Å². The van der Waals surface area contributed by atoms with E-state index in [0.717, 1.165) is 38.8 Å². The van der Waals surface area contributed by atoms with Crippen molar-refractivity contribution in [3.8, 4) is 5.75 Å². The highest BCUT2D eigenvalue weighted by molar-refractivity contribution is 9.11. The summed E-state index contributed by atoms with van der Waals surface area (Å²) in [5, 5.41) is 4.11. The fraction of sp³-hybridized carbons (Fsp3) is 0.200. The molecule has 0 aromatic heterocycles. The van der Waals surface area contributed by atoms with Gasteiger partial charge in [0, 0.05) is 24.3 Å². The number of hydrazone groups is 1. The van der Waals surface area contributed by atoms with E-state index in [2.05, 4.69) is 47.3 Å². The molecule has 32 heavy (non-hydrogen) atoms. The Morgan fingerprint density at radius 2 is 1.66 bits per heavy atom. The van der Waals surface area contributed by atoms with Crippen LogP contribution in [0.2, 0.25) is 0 Å². The lowest BCUT2D eigenvalue weighted by molar-refractivity contribution is 0.0955. The van der Waals surface area contributed by atoms with Crippen molar-refractivity contribution < 1.29 is 9.53 Å². The van der Waals surface area contributed by atoms with E-state index in [1.165, 1.54) is 12.8 Å². The predicted molar refractivity (Wildman–Crippen MR) is 136 cm³/mol. The Kier molecular flexibility index (Phi) is 7.60. The van der Waals surface area contributed by atoms with Gasteiger partial charge < -0.3 is 9.64 Å². The van der Waals surface area contributed by atoms with Crippen molar-refractivity contribution in [1.82, 2.24) is 5.43 Å². The molecule has 1 fully saturated rings. The molecule has 1 aliphatic heterocycles. The highest BCUT2D eigenvalue weighted by atomic mass is 79.9. The number of anilines is 1. The molecule has 0 saturated carbocycles. The van der Waals surface area contributed by atoms with Crippen molar-refractivity contribution in [3.05, 3.63) is 92.4 Å². The van der Waals surface area contributed by atoms with Crippen LogP contribution in [0.3, 0.4) is 0 Å². The van der Waals surface area contributed by atoms with E-state index >= 15 is 0 Å². The van der Waals surface area contributed by atoms with E-state index in [4.69, 9.17) is 4.74 Å². The number of nitrogens with one attached hydrogen (secondary N) is 1. The van der Waals surface area contributed by atoms with Crippen molar-refractivity contribution in [1.29, 1.82) is 0 Å². The number of carbonyl (C=O) groups excluding carboxylic acids is 1. The fourth-order valence-corrected chi connectivity index (χ4v) is 5.00. The van der Waals surface area contributed by atoms with Crippen LogP contribution >= 0.6 is 31.9 Å². The molecule has 3 aromatic rings. The first-order valence-corrected chi connectivity index (χ1v) is 12.0. The lowest BCUT2D eigenvalue weighted by atomic mass is 10.2. The van der Waals surface area contributed by atoms with Gasteiger partial charge in [0.2, 0.25) is 0 Å². The van der Waals surface area contributed by atoms with Gasteiger partial charge in [0.25, 0.3) is 5.91 Å². The quantitative estimate of drug-likeness (QED) is 0.280. The summed E-state index contributed by atoms with van der Waals surface area (Å²) < 4.78 is 7.54. The van der Waals surface area contributed by atoms with Gasteiger partial charge in [-0.05, 0) is 92.2 Å². The maximum absolute atomic E-state index is 12.4. The third kappa shape index (κ3) is 5.78. The van der Waals surface area contributed by atoms with E-state index in [1.807, 2.05) is 66.7 Å². The predicted octanol–water partition coefficient (Wildman–Crippen LogP) is 6.15. The van der Waals surface area contributed by atoms with Crippen LogP contribution in [0.25, 0.3) is 0 Å². The first-order valence-electron chi connectivity index (χ1n) is 10.4. The van der Waals surface area contributed by atoms with Gasteiger partial charge in [0.05, 0.1) is 15.2 Å². The van der Waals surface area contributed by atoms with Crippen LogP contribution in [0, 0.1) is 0 Å². The number of benzene rings is 3. The molecule has 0 spiro atoms. The number of hydrogen-bond donors (Lipinski definition) is 1. The topological polar surface area (TPSA) is 53.9 Å². The second-order valence-electron chi connectivity index (χ2n) is 7.53. The summed E-state index contributed by atoms with van der Waals surface area (Å²) in [4.78, 5) is 14.7. The summed E-state index contributed by atoms with van der Waals surface area (Å²) in [6, 6.07) is 21.4. The van der Waals surface area contributed by atoms with Gasteiger partial charge in [-0.2, -0.15) is 5.10 Å². The van der Waals surface area contributed by atoms with Crippen molar-refractivity contribution in [2.45, 2.75) is 19.4 Å². The van der Waals surface area contributed by atoms with Crippen molar-refractivity contribution >= 4 is 49.7 Å². The molecule has 0 aliphatic carbocycles. The summed E-state index contributed by atoms with van der Waals surface area (Å²) in [5.74, 6) is 0.475. The second kappa shape index (κ2) is 10.8. The third-order valence-corrected chi connectivity index (χ3v) is 6.41. The van der Waals surface area contributed by atoms with Crippen molar-refractivity contribution in [3.63, 3.8) is 0 Å². The Bertz CT molecular complexity index is 1070. The standard InChI is InChI=1S/C25H23Br2N3O2/c26-22-14-19(15-23(27)24(22)32-17-18-6-2-1-3-7-18)16-28-29-25(31)20-8-10-21(11-9-20)30-12-4-5-13-30/h1-3,6-11,14-16H,4-5,12-13,17H2,(H,29,31)/b28-16-. The van der Waals surface area contributed by atoms with E-state index < -0.39 is 0 Å². The average molecular weight is 557 g/mol. The smallest absolute Gasteiger partial charge is 0.271 e. The van der Waals surface area contributed by atoms with Crippen LogP contribution in [0.4, 0.5) is 5.69 Å². The number of hydrogen-bond acceptors (Lipinski definition) is 4. The highest BCUT2D eigenvalue weighted by Crippen LogP contribution is 2.35. The number of carbonyl (C=O) groups is 1. The highest BCUT2D eigenvalue weighted by Gasteiger charge is 2.13. The average Bonchev–Trinajstić information content (AvgIpc) is 3.34. The molecule has 1 N–H and O–H groups in total. The van der Waals surface area contributed by atoms with Gasteiger partial charge in [-0.25, -0.2) is 5.43 Å². The van der Waals surface area contributed by atoms with Gasteiger partial charge in [-0.1, -0.05) is 30.3 Å². The maximum atomic E-state index is 12.4. The van der Waals surface area contributed by atoms with Gasteiger partial charge >= 0.3 is 0 Å². The summed E-state index contributed by atoms with van der Waals surface area (Å²) in [6.07, 6.45) is 4.06. The number of amides is 1. The van der Waals surface area contributed by atoms with E-state index in [1.54, 1.807) is 6.21 Å². The molecule has 0 radical (unpaired) electrons. The van der Waals surface area contributed by atoms with Gasteiger partial charge in [-0.3, -0.25) is 4.79 Å². The Hall–Kier alpha value is -2.64. The molecule has 1 aliphatic rings. The summed E-state index contributed by atoms with van der Waals surface area (Å²) in [7, 11) is 0. The maximum Gasteiger partial charge on any atom is 0.271 e. The molecule has 1 amide bonds. The minimum atomic E-state index is -0.241. The van der Waals surface area contributed by atoms with E-state index in [0.29, 0.717) is 17.9 Å². The minimum Gasteiger partial charge on any atom is -0.487 e. The molecule has 1 heterocycles. The molecular formula is C25H23Br2N3O2. The zero-order valence-electron chi connectivity index (χ0n) is 17.4. The first-order chi connectivity index (χ1) is 15.6. The minimum absolute atomic E-state index is 0.241. The zero-order valence-corrected chi connectivity index (χ0v) is 20.6. The lowest BCUT2D eigenvalue weighted by Crippen LogP contribution is -2.19. The zero-order chi connectivity index (χ0) is 22.3.